The quantitative estimate of drug-likeness (QED) is 0.635. The van der Waals surface area contributed by atoms with Gasteiger partial charge in [-0.3, -0.25) is 0 Å². The van der Waals surface area contributed by atoms with Crippen molar-refractivity contribution in [2.45, 2.75) is 6.92 Å². The number of hydrogen-bond acceptors (Lipinski definition) is 0. The van der Waals surface area contributed by atoms with Crippen LogP contribution in [0, 0.1) is 13.0 Å². The summed E-state index contributed by atoms with van der Waals surface area (Å²) < 4.78 is 0. The first-order valence-corrected chi connectivity index (χ1v) is 5.06. The second kappa shape index (κ2) is 4.61. The van der Waals surface area contributed by atoms with Crippen LogP contribution in [-0.2, 0) is 0 Å². The Kier molecular flexibility index (Phi) is 2.99. The lowest BCUT2D eigenvalue weighted by Gasteiger charge is -1.95. The van der Waals surface area contributed by atoms with Gasteiger partial charge in [-0.1, -0.05) is 60.2 Å². The molecule has 0 saturated carbocycles. The molecule has 15 heavy (non-hydrogen) atoms. The lowest BCUT2D eigenvalue weighted by Crippen LogP contribution is -1.76. The van der Waals surface area contributed by atoms with Crippen molar-refractivity contribution in [3.8, 4) is 0 Å². The van der Waals surface area contributed by atoms with E-state index in [2.05, 4.69) is 37.3 Å². The van der Waals surface area contributed by atoms with Gasteiger partial charge in [0.1, 0.15) is 0 Å². The minimum atomic E-state index is 1.11. The molecule has 0 heterocycles. The maximum absolute atomic E-state index is 3.26. The number of benzene rings is 2. The molecule has 0 bridgehead atoms. The summed E-state index contributed by atoms with van der Waals surface area (Å²) in [6.45, 7) is 2.10. The molecule has 0 amide bonds. The second-order valence-electron chi connectivity index (χ2n) is 3.57. The third kappa shape index (κ3) is 2.81. The summed E-state index contributed by atoms with van der Waals surface area (Å²) in [4.78, 5) is 0. The fourth-order valence-corrected chi connectivity index (χ4v) is 1.46. The highest BCUT2D eigenvalue weighted by Gasteiger charge is 1.88. The van der Waals surface area contributed by atoms with Gasteiger partial charge in [-0.15, -0.1) is 0 Å². The van der Waals surface area contributed by atoms with Gasteiger partial charge in [0.05, 0.1) is 0 Å². The predicted molar refractivity (Wildman–Crippen MR) is 64.4 cm³/mol. The van der Waals surface area contributed by atoms with Crippen molar-refractivity contribution in [2.24, 2.45) is 0 Å². The van der Waals surface area contributed by atoms with Gasteiger partial charge in [0.25, 0.3) is 0 Å². The van der Waals surface area contributed by atoms with Gasteiger partial charge in [0.2, 0.25) is 0 Å². The summed E-state index contributed by atoms with van der Waals surface area (Å²) in [6, 6.07) is 18.5. The van der Waals surface area contributed by atoms with Crippen LogP contribution in [0.4, 0.5) is 0 Å². The van der Waals surface area contributed by atoms with Crippen LogP contribution in [0.2, 0.25) is 0 Å². The van der Waals surface area contributed by atoms with Gasteiger partial charge >= 0.3 is 0 Å². The summed E-state index contributed by atoms with van der Waals surface area (Å²) in [5.74, 6) is 0. The fraction of sp³-hybridized carbons (Fsp3) is 0.0667. The highest BCUT2D eigenvalue weighted by atomic mass is 13.9. The molecule has 0 unspecified atom stereocenters. The molecule has 73 valence electrons. The summed E-state index contributed by atoms with van der Waals surface area (Å²) >= 11 is 0. The third-order valence-electron chi connectivity index (χ3n) is 2.22. The Balaban J connectivity index is 2.19. The molecule has 0 heteroatoms. The molecule has 0 saturated heterocycles. The molecule has 0 nitrogen and oxygen atoms in total. The Morgan fingerprint density at radius 2 is 1.73 bits per heavy atom. The van der Waals surface area contributed by atoms with E-state index in [1.165, 1.54) is 11.1 Å². The Morgan fingerprint density at radius 1 is 0.933 bits per heavy atom. The molecule has 0 aliphatic rings. The summed E-state index contributed by atoms with van der Waals surface area (Å²) in [5.41, 5.74) is 3.58. The van der Waals surface area contributed by atoms with E-state index >= 15 is 0 Å². The maximum atomic E-state index is 3.26. The van der Waals surface area contributed by atoms with E-state index in [0.29, 0.717) is 0 Å². The highest BCUT2D eigenvalue weighted by Crippen LogP contribution is 2.07. The average molecular weight is 193 g/mol. The fourth-order valence-electron chi connectivity index (χ4n) is 1.46. The Bertz CT molecular complexity index is 452. The number of hydrogen-bond donors (Lipinski definition) is 0. The zero-order chi connectivity index (χ0) is 10.5. The summed E-state index contributed by atoms with van der Waals surface area (Å²) in [7, 11) is 0. The van der Waals surface area contributed by atoms with Crippen LogP contribution in [-0.4, -0.2) is 0 Å². The van der Waals surface area contributed by atoms with Crippen molar-refractivity contribution in [3.63, 3.8) is 0 Å². The SMILES string of the molecule is Cc1cccc(C=[C]c2ccccc2)c1. The molecule has 0 aliphatic carbocycles. The molecule has 1 radical (unpaired) electrons. The van der Waals surface area contributed by atoms with Crippen molar-refractivity contribution < 1.29 is 0 Å². The summed E-state index contributed by atoms with van der Waals surface area (Å²) in [5, 5.41) is 0. The molecular weight excluding hydrogens is 180 g/mol. The Hall–Kier alpha value is -1.82. The maximum Gasteiger partial charge on any atom is -0.00992 e. The van der Waals surface area contributed by atoms with Gasteiger partial charge in [-0.2, -0.15) is 0 Å². The topological polar surface area (TPSA) is 0 Å². The monoisotopic (exact) mass is 193 g/mol. The molecule has 0 atom stereocenters. The normalized spacial score (nSPS) is 10.7. The van der Waals surface area contributed by atoms with E-state index in [9.17, 15) is 0 Å². The van der Waals surface area contributed by atoms with E-state index in [0.717, 1.165) is 5.56 Å². The molecule has 0 aliphatic heterocycles. The molecule has 2 aromatic rings. The van der Waals surface area contributed by atoms with Crippen LogP contribution in [0.1, 0.15) is 16.7 Å². The van der Waals surface area contributed by atoms with Gasteiger partial charge in [-0.25, -0.2) is 0 Å². The average Bonchev–Trinajstić information content (AvgIpc) is 2.28. The Morgan fingerprint density at radius 3 is 2.47 bits per heavy atom. The first-order chi connectivity index (χ1) is 7.34. The van der Waals surface area contributed by atoms with Gasteiger partial charge in [0, 0.05) is 0 Å². The summed E-state index contributed by atoms with van der Waals surface area (Å²) in [6.07, 6.45) is 5.28. The van der Waals surface area contributed by atoms with E-state index < -0.39 is 0 Å². The smallest absolute Gasteiger partial charge is 0.00992 e. The van der Waals surface area contributed by atoms with E-state index in [1.54, 1.807) is 0 Å². The zero-order valence-corrected chi connectivity index (χ0v) is 8.77. The lowest BCUT2D eigenvalue weighted by molar-refractivity contribution is 1.46. The third-order valence-corrected chi connectivity index (χ3v) is 2.22. The predicted octanol–water partition coefficient (Wildman–Crippen LogP) is 3.86. The van der Waals surface area contributed by atoms with Gasteiger partial charge in [0.15, 0.2) is 0 Å². The van der Waals surface area contributed by atoms with E-state index in [4.69, 9.17) is 0 Å². The second-order valence-corrected chi connectivity index (χ2v) is 3.57. The van der Waals surface area contributed by atoms with Crippen LogP contribution in [0.5, 0.6) is 0 Å². The first kappa shape index (κ1) is 9.72. The Labute approximate surface area is 90.9 Å². The molecular formula is C15H13. The van der Waals surface area contributed by atoms with Gasteiger partial charge < -0.3 is 0 Å². The minimum Gasteiger partial charge on any atom is -0.0622 e. The van der Waals surface area contributed by atoms with Crippen LogP contribution in [0.3, 0.4) is 0 Å². The molecule has 0 aromatic heterocycles. The van der Waals surface area contributed by atoms with Crippen LogP contribution < -0.4 is 0 Å². The standard InChI is InChI=1S/C15H13/c1-13-6-5-9-15(12-13)11-10-14-7-3-2-4-8-14/h2-9,11-12H,1H3. The van der Waals surface area contributed by atoms with E-state index in [-0.39, 0.29) is 0 Å². The van der Waals surface area contributed by atoms with Crippen LogP contribution in [0.15, 0.2) is 54.6 Å². The van der Waals surface area contributed by atoms with Crippen molar-refractivity contribution >= 4 is 6.08 Å². The zero-order valence-electron chi connectivity index (χ0n) is 8.77. The molecule has 2 aromatic carbocycles. The van der Waals surface area contributed by atoms with Crippen LogP contribution >= 0.6 is 0 Å². The van der Waals surface area contributed by atoms with Crippen molar-refractivity contribution in [1.29, 1.82) is 0 Å². The lowest BCUT2D eigenvalue weighted by atomic mass is 10.1. The molecule has 0 fully saturated rings. The van der Waals surface area contributed by atoms with Crippen LogP contribution in [0.25, 0.3) is 6.08 Å². The van der Waals surface area contributed by atoms with Gasteiger partial charge in [-0.05, 0) is 30.2 Å². The number of aryl methyl sites for hydroxylation is 1. The number of rotatable bonds is 2. The highest BCUT2D eigenvalue weighted by molar-refractivity contribution is 5.51. The van der Waals surface area contributed by atoms with E-state index in [1.807, 2.05) is 36.4 Å². The molecule has 0 spiro atoms. The molecule has 0 N–H and O–H groups in total. The molecule has 2 rings (SSSR count). The van der Waals surface area contributed by atoms with Crippen molar-refractivity contribution in [3.05, 3.63) is 77.4 Å². The minimum absolute atomic E-state index is 1.11. The largest absolute Gasteiger partial charge is 0.0622 e. The van der Waals surface area contributed by atoms with Crippen molar-refractivity contribution in [2.75, 3.05) is 0 Å². The first-order valence-electron chi connectivity index (χ1n) is 5.06. The van der Waals surface area contributed by atoms with Crippen molar-refractivity contribution in [1.82, 2.24) is 0 Å².